The van der Waals surface area contributed by atoms with Crippen molar-refractivity contribution in [3.63, 3.8) is 0 Å². The van der Waals surface area contributed by atoms with Crippen molar-refractivity contribution in [3.8, 4) is 0 Å². The number of hydrogen-bond donors (Lipinski definition) is 1. The molecular formula is C16H19FN2O2. The fourth-order valence-electron chi connectivity index (χ4n) is 2.66. The molecule has 2 amide bonds. The Morgan fingerprint density at radius 3 is 2.67 bits per heavy atom. The van der Waals surface area contributed by atoms with E-state index in [4.69, 9.17) is 5.73 Å². The van der Waals surface area contributed by atoms with E-state index >= 15 is 0 Å². The van der Waals surface area contributed by atoms with Crippen molar-refractivity contribution < 1.29 is 14.0 Å². The molecule has 0 radical (unpaired) electrons. The first kappa shape index (κ1) is 15.2. The van der Waals surface area contributed by atoms with Crippen LogP contribution in [-0.2, 0) is 9.59 Å². The number of aryl methyl sites for hydroxylation is 1. The molecule has 2 N–H and O–H groups in total. The number of halogens is 1. The number of benzene rings is 1. The van der Waals surface area contributed by atoms with Gasteiger partial charge in [-0.3, -0.25) is 9.59 Å². The van der Waals surface area contributed by atoms with Crippen molar-refractivity contribution in [3.05, 3.63) is 41.5 Å². The van der Waals surface area contributed by atoms with Gasteiger partial charge >= 0.3 is 0 Å². The molecule has 1 fully saturated rings. The molecule has 0 unspecified atom stereocenters. The Morgan fingerprint density at radius 1 is 1.38 bits per heavy atom. The van der Waals surface area contributed by atoms with Gasteiger partial charge in [-0.05, 0) is 30.5 Å². The lowest BCUT2D eigenvalue weighted by molar-refractivity contribution is -0.133. The van der Waals surface area contributed by atoms with Crippen LogP contribution < -0.4 is 5.73 Å². The van der Waals surface area contributed by atoms with Gasteiger partial charge in [0.15, 0.2) is 0 Å². The minimum Gasteiger partial charge on any atom is -0.368 e. The fourth-order valence-corrected chi connectivity index (χ4v) is 2.66. The highest BCUT2D eigenvalue weighted by atomic mass is 19.1. The molecule has 1 saturated heterocycles. The summed E-state index contributed by atoms with van der Waals surface area (Å²) < 4.78 is 13.4. The summed E-state index contributed by atoms with van der Waals surface area (Å²) in [7, 11) is 0. The van der Waals surface area contributed by atoms with Crippen LogP contribution in [0.4, 0.5) is 4.39 Å². The molecular weight excluding hydrogens is 271 g/mol. The second kappa shape index (κ2) is 6.08. The van der Waals surface area contributed by atoms with E-state index in [-0.39, 0.29) is 18.9 Å². The number of amides is 2. The first-order valence-electron chi connectivity index (χ1n) is 6.88. The third-order valence-corrected chi connectivity index (χ3v) is 3.77. The number of hydrogen-bond acceptors (Lipinski definition) is 2. The average Bonchev–Trinajstić information content (AvgIpc) is 2.81. The number of primary amides is 1. The Hall–Kier alpha value is -2.17. The Balaban J connectivity index is 2.22. The largest absolute Gasteiger partial charge is 0.368 e. The first-order chi connectivity index (χ1) is 9.90. The van der Waals surface area contributed by atoms with Crippen molar-refractivity contribution in [1.82, 2.24) is 4.90 Å². The van der Waals surface area contributed by atoms with Crippen molar-refractivity contribution in [2.24, 2.45) is 5.73 Å². The number of carbonyl (C=O) groups is 2. The number of allylic oxidation sites excluding steroid dienone is 1. The number of nitrogens with zero attached hydrogens (tertiary/aromatic N) is 1. The molecule has 1 aliphatic rings. The first-order valence-corrected chi connectivity index (χ1v) is 6.88. The van der Waals surface area contributed by atoms with Crippen LogP contribution >= 0.6 is 0 Å². The Bertz CT molecular complexity index is 598. The maximum Gasteiger partial charge on any atom is 0.247 e. The molecule has 21 heavy (non-hydrogen) atoms. The number of carbonyl (C=O) groups excluding carboxylic acids is 2. The second-order valence-corrected chi connectivity index (χ2v) is 5.38. The molecule has 0 saturated carbocycles. The molecule has 2 atom stereocenters. The monoisotopic (exact) mass is 290 g/mol. The standard InChI is InChI=1S/C16H19FN2O2/c1-10-5-3-4-6-13(10)11(2)7-15(20)19-9-12(17)8-14(19)16(18)21/h3-7,12,14H,8-9H2,1-2H3,(H2,18,21)/b11-7+/t12-,14+/m1/s1. The molecule has 112 valence electrons. The van der Waals surface area contributed by atoms with Gasteiger partial charge in [0.1, 0.15) is 12.2 Å². The van der Waals surface area contributed by atoms with Crippen LogP contribution in [-0.4, -0.2) is 35.5 Å². The van der Waals surface area contributed by atoms with E-state index in [1.54, 1.807) is 0 Å². The smallest absolute Gasteiger partial charge is 0.247 e. The van der Waals surface area contributed by atoms with Crippen molar-refractivity contribution in [1.29, 1.82) is 0 Å². The Labute approximate surface area is 123 Å². The highest BCUT2D eigenvalue weighted by molar-refractivity contribution is 5.98. The van der Waals surface area contributed by atoms with E-state index < -0.39 is 18.1 Å². The average molecular weight is 290 g/mol. The van der Waals surface area contributed by atoms with Crippen molar-refractivity contribution in [2.75, 3.05) is 6.54 Å². The normalized spacial score (nSPS) is 22.4. The molecule has 0 bridgehead atoms. The van der Waals surface area contributed by atoms with E-state index in [9.17, 15) is 14.0 Å². The summed E-state index contributed by atoms with van der Waals surface area (Å²) >= 11 is 0. The Morgan fingerprint density at radius 2 is 2.05 bits per heavy atom. The van der Waals surface area contributed by atoms with Gasteiger partial charge in [0.05, 0.1) is 6.54 Å². The Kier molecular flexibility index (Phi) is 4.40. The molecule has 0 aromatic heterocycles. The van der Waals surface area contributed by atoms with Gasteiger partial charge in [-0.25, -0.2) is 4.39 Å². The van der Waals surface area contributed by atoms with E-state index in [0.717, 1.165) is 16.7 Å². The van der Waals surface area contributed by atoms with Gasteiger partial charge in [-0.1, -0.05) is 24.3 Å². The van der Waals surface area contributed by atoms with Crippen LogP contribution in [0.1, 0.15) is 24.5 Å². The van der Waals surface area contributed by atoms with Crippen LogP contribution in [0, 0.1) is 6.92 Å². The van der Waals surface area contributed by atoms with Crippen LogP contribution in [0.25, 0.3) is 5.57 Å². The quantitative estimate of drug-likeness (QED) is 0.863. The fraction of sp³-hybridized carbons (Fsp3) is 0.375. The van der Waals surface area contributed by atoms with Gasteiger partial charge in [0.2, 0.25) is 11.8 Å². The zero-order chi connectivity index (χ0) is 15.6. The third kappa shape index (κ3) is 3.29. The molecule has 1 aromatic carbocycles. The summed E-state index contributed by atoms with van der Waals surface area (Å²) in [6.07, 6.45) is 0.230. The van der Waals surface area contributed by atoms with Crippen LogP contribution in [0.2, 0.25) is 0 Å². The molecule has 5 heteroatoms. The zero-order valence-corrected chi connectivity index (χ0v) is 12.2. The summed E-state index contributed by atoms with van der Waals surface area (Å²) in [6.45, 7) is 3.70. The van der Waals surface area contributed by atoms with Crippen molar-refractivity contribution in [2.45, 2.75) is 32.5 Å². The van der Waals surface area contributed by atoms with Crippen LogP contribution in [0.5, 0.6) is 0 Å². The number of likely N-dealkylation sites (tertiary alicyclic amines) is 1. The van der Waals surface area contributed by atoms with Gasteiger partial charge in [0.25, 0.3) is 0 Å². The summed E-state index contributed by atoms with van der Waals surface area (Å²) in [5.74, 6) is -1.04. The number of nitrogens with two attached hydrogens (primary N) is 1. The van der Waals surface area contributed by atoms with Crippen molar-refractivity contribution >= 4 is 17.4 Å². The predicted octanol–water partition coefficient (Wildman–Crippen LogP) is 1.82. The molecule has 4 nitrogen and oxygen atoms in total. The number of alkyl halides is 1. The molecule has 0 aliphatic carbocycles. The SMILES string of the molecule is C/C(=C\C(=O)N1C[C@H](F)C[C@H]1C(N)=O)c1ccccc1C. The van der Waals surface area contributed by atoms with Gasteiger partial charge in [0, 0.05) is 12.5 Å². The van der Waals surface area contributed by atoms with E-state index in [1.807, 2.05) is 38.1 Å². The van der Waals surface area contributed by atoms with Gasteiger partial charge in [-0.15, -0.1) is 0 Å². The summed E-state index contributed by atoms with van der Waals surface area (Å²) in [4.78, 5) is 24.8. The lowest BCUT2D eigenvalue weighted by Crippen LogP contribution is -2.43. The third-order valence-electron chi connectivity index (χ3n) is 3.77. The minimum absolute atomic E-state index is 0.0155. The molecule has 0 spiro atoms. The molecule has 1 aliphatic heterocycles. The molecule has 1 aromatic rings. The zero-order valence-electron chi connectivity index (χ0n) is 12.2. The highest BCUT2D eigenvalue weighted by Gasteiger charge is 2.37. The van der Waals surface area contributed by atoms with E-state index in [0.29, 0.717) is 0 Å². The van der Waals surface area contributed by atoms with Crippen LogP contribution in [0.3, 0.4) is 0 Å². The maximum atomic E-state index is 13.4. The summed E-state index contributed by atoms with van der Waals surface area (Å²) in [5, 5.41) is 0. The summed E-state index contributed by atoms with van der Waals surface area (Å²) in [5.41, 5.74) is 8.02. The highest BCUT2D eigenvalue weighted by Crippen LogP contribution is 2.23. The molecule has 2 rings (SSSR count). The molecule has 1 heterocycles. The summed E-state index contributed by atoms with van der Waals surface area (Å²) in [6, 6.07) is 6.83. The topological polar surface area (TPSA) is 63.4 Å². The maximum absolute atomic E-state index is 13.4. The van der Waals surface area contributed by atoms with Gasteiger partial charge in [-0.2, -0.15) is 0 Å². The lowest BCUT2D eigenvalue weighted by Gasteiger charge is -2.20. The number of rotatable bonds is 3. The predicted molar refractivity (Wildman–Crippen MR) is 79.0 cm³/mol. The van der Waals surface area contributed by atoms with E-state index in [1.165, 1.54) is 11.0 Å². The minimum atomic E-state index is -1.20. The second-order valence-electron chi connectivity index (χ2n) is 5.38. The van der Waals surface area contributed by atoms with Gasteiger partial charge < -0.3 is 10.6 Å². The lowest BCUT2D eigenvalue weighted by atomic mass is 10.0. The van der Waals surface area contributed by atoms with Crippen LogP contribution in [0.15, 0.2) is 30.3 Å². The van der Waals surface area contributed by atoms with E-state index in [2.05, 4.69) is 0 Å².